The first kappa shape index (κ1) is 9.27. The Hall–Kier alpha value is -0.730. The van der Waals surface area contributed by atoms with Crippen molar-refractivity contribution in [2.24, 2.45) is 0 Å². The van der Waals surface area contributed by atoms with Crippen LogP contribution in [0.15, 0.2) is 0 Å². The molecule has 3 N–H and O–H groups in total. The molecule has 0 aromatic carbocycles. The first-order valence-electron chi connectivity index (χ1n) is 3.62. The standard InChI is InChI=1S/C6H13N.N3/c7-6-4-2-1-3-5-6;1-3-2/h6H,1-5,7H2;/q;-1/p+1. The summed E-state index contributed by atoms with van der Waals surface area (Å²) < 4.78 is 0. The molecule has 10 heavy (non-hydrogen) atoms. The maximum atomic E-state index is 6.75. The van der Waals surface area contributed by atoms with Crippen LogP contribution in [0.3, 0.4) is 0 Å². The summed E-state index contributed by atoms with van der Waals surface area (Å²) in [6.07, 6.45) is 7.05. The topological polar surface area (TPSA) is 86.3 Å². The minimum absolute atomic E-state index is 0.786. The van der Waals surface area contributed by atoms with Crippen molar-refractivity contribution in [3.05, 3.63) is 16.0 Å². The zero-order valence-electron chi connectivity index (χ0n) is 6.16. The summed E-state index contributed by atoms with van der Waals surface area (Å²) in [7, 11) is 0. The average molecular weight is 142 g/mol. The predicted molar refractivity (Wildman–Crippen MR) is 39.8 cm³/mol. The molecule has 58 valence electrons. The lowest BCUT2D eigenvalue weighted by molar-refractivity contribution is -0.425. The van der Waals surface area contributed by atoms with Crippen molar-refractivity contribution in [3.8, 4) is 0 Å². The highest BCUT2D eigenvalue weighted by molar-refractivity contribution is 4.60. The van der Waals surface area contributed by atoms with Gasteiger partial charge in [-0.2, -0.15) is 0 Å². The molecule has 1 saturated carbocycles. The molecule has 0 radical (unpaired) electrons. The average Bonchev–Trinajstić information content (AvgIpc) is 1.91. The normalized spacial score (nSPS) is 18.5. The molecule has 0 amide bonds. The molecule has 1 aliphatic rings. The lowest BCUT2D eigenvalue weighted by Crippen LogP contribution is -2.61. The molecule has 0 atom stereocenters. The summed E-state index contributed by atoms with van der Waals surface area (Å²) in [6, 6.07) is 0.786. The van der Waals surface area contributed by atoms with Crippen molar-refractivity contribution in [3.63, 3.8) is 0 Å². The fraction of sp³-hybridized carbons (Fsp3) is 1.00. The van der Waals surface area contributed by atoms with Gasteiger partial charge in [-0.1, -0.05) is 6.42 Å². The van der Waals surface area contributed by atoms with E-state index in [1.54, 1.807) is 0 Å². The van der Waals surface area contributed by atoms with Gasteiger partial charge in [-0.25, -0.2) is 0 Å². The predicted octanol–water partition coefficient (Wildman–Crippen LogP) is 1.43. The third-order valence-corrected chi connectivity index (χ3v) is 1.72. The first-order valence-corrected chi connectivity index (χ1v) is 3.62. The number of rotatable bonds is 0. The summed E-state index contributed by atoms with van der Waals surface area (Å²) >= 11 is 0. The molecule has 0 aromatic rings. The summed E-state index contributed by atoms with van der Waals surface area (Å²) in [5.74, 6) is 0. The molecule has 1 rings (SSSR count). The largest absolute Gasteiger partial charge is 0.373 e. The van der Waals surface area contributed by atoms with E-state index in [0.717, 1.165) is 6.04 Å². The van der Waals surface area contributed by atoms with Gasteiger partial charge in [0.25, 0.3) is 0 Å². The third kappa shape index (κ3) is 5.41. The molecular formula is C6H14N4. The van der Waals surface area contributed by atoms with E-state index in [1.807, 2.05) is 0 Å². The van der Waals surface area contributed by atoms with E-state index in [2.05, 4.69) is 5.73 Å². The molecule has 4 heteroatoms. The highest BCUT2D eigenvalue weighted by atomic mass is 15.0. The van der Waals surface area contributed by atoms with Crippen LogP contribution in [-0.2, 0) is 0 Å². The lowest BCUT2D eigenvalue weighted by atomic mass is 9.97. The van der Waals surface area contributed by atoms with E-state index in [4.69, 9.17) is 11.1 Å². The van der Waals surface area contributed by atoms with E-state index in [-0.39, 0.29) is 0 Å². The van der Waals surface area contributed by atoms with E-state index in [1.165, 1.54) is 37.0 Å². The maximum absolute atomic E-state index is 6.75. The Labute approximate surface area is 60.8 Å². The summed E-state index contributed by atoms with van der Waals surface area (Å²) in [6.45, 7) is 0. The Balaban J connectivity index is 0.000000236. The van der Waals surface area contributed by atoms with E-state index in [9.17, 15) is 0 Å². The number of nitrogens with zero attached hydrogens (tertiary/aromatic N) is 3. The van der Waals surface area contributed by atoms with Crippen molar-refractivity contribution >= 4 is 0 Å². The Bertz CT molecular complexity index is 100. The molecule has 0 aromatic heterocycles. The fourth-order valence-corrected chi connectivity index (χ4v) is 1.19. The second kappa shape index (κ2) is 6.39. The van der Waals surface area contributed by atoms with Gasteiger partial charge in [0.15, 0.2) is 0 Å². The first-order chi connectivity index (χ1) is 4.81. The molecule has 0 saturated heterocycles. The van der Waals surface area contributed by atoms with Gasteiger partial charge in [-0.3, -0.25) is 4.91 Å². The summed E-state index contributed by atoms with van der Waals surface area (Å²) in [5.41, 5.74) is 17.5. The molecular weight excluding hydrogens is 128 g/mol. The smallest absolute Gasteiger partial charge is 0.0843 e. The molecule has 0 heterocycles. The second-order valence-corrected chi connectivity index (χ2v) is 2.59. The Kier molecular flexibility index (Phi) is 5.92. The lowest BCUT2D eigenvalue weighted by Gasteiger charge is -2.12. The van der Waals surface area contributed by atoms with Gasteiger partial charge in [0.1, 0.15) is 0 Å². The van der Waals surface area contributed by atoms with E-state index >= 15 is 0 Å². The van der Waals surface area contributed by atoms with Crippen molar-refractivity contribution in [1.29, 1.82) is 0 Å². The molecule has 0 spiro atoms. The number of hydrogen-bond donors (Lipinski definition) is 1. The van der Waals surface area contributed by atoms with Crippen molar-refractivity contribution in [2.75, 3.05) is 0 Å². The Morgan fingerprint density at radius 2 is 1.50 bits per heavy atom. The van der Waals surface area contributed by atoms with E-state index in [0.29, 0.717) is 0 Å². The van der Waals surface area contributed by atoms with Crippen LogP contribution in [0.4, 0.5) is 0 Å². The van der Waals surface area contributed by atoms with Crippen LogP contribution in [0, 0.1) is 0 Å². The highest BCUT2D eigenvalue weighted by Gasteiger charge is 2.09. The van der Waals surface area contributed by atoms with Gasteiger partial charge in [0.05, 0.1) is 6.04 Å². The molecule has 1 fully saturated rings. The molecule has 0 aliphatic heterocycles. The van der Waals surface area contributed by atoms with Crippen LogP contribution in [0.2, 0.25) is 0 Å². The number of hydrogen-bond acceptors (Lipinski definition) is 0. The van der Waals surface area contributed by atoms with Crippen LogP contribution in [0.1, 0.15) is 32.1 Å². The van der Waals surface area contributed by atoms with Crippen molar-refractivity contribution in [2.45, 2.75) is 38.1 Å². The van der Waals surface area contributed by atoms with Gasteiger partial charge < -0.3 is 16.8 Å². The summed E-state index contributed by atoms with van der Waals surface area (Å²) in [5, 5.41) is 0. The third-order valence-electron chi connectivity index (χ3n) is 1.72. The molecule has 0 unspecified atom stereocenters. The van der Waals surface area contributed by atoms with Gasteiger partial charge in [0, 0.05) is 0 Å². The minimum atomic E-state index is 0.786. The zero-order chi connectivity index (χ0) is 7.82. The van der Waals surface area contributed by atoms with Crippen LogP contribution >= 0.6 is 0 Å². The number of quaternary nitrogens is 1. The molecule has 0 bridgehead atoms. The SMILES string of the molecule is [N-]=[N+]=[N-].[NH3+]C1CCCCC1. The van der Waals surface area contributed by atoms with Gasteiger partial charge in [-0.05, 0) is 25.7 Å². The van der Waals surface area contributed by atoms with Crippen molar-refractivity contribution in [1.82, 2.24) is 0 Å². The second-order valence-electron chi connectivity index (χ2n) is 2.59. The van der Waals surface area contributed by atoms with Gasteiger partial charge >= 0.3 is 0 Å². The fourth-order valence-electron chi connectivity index (χ4n) is 1.19. The molecule has 1 aliphatic carbocycles. The van der Waals surface area contributed by atoms with Crippen LogP contribution < -0.4 is 5.73 Å². The van der Waals surface area contributed by atoms with Crippen LogP contribution in [-0.4, -0.2) is 6.04 Å². The maximum Gasteiger partial charge on any atom is 0.0843 e. The van der Waals surface area contributed by atoms with Crippen LogP contribution in [0.5, 0.6) is 0 Å². The monoisotopic (exact) mass is 142 g/mol. The van der Waals surface area contributed by atoms with Gasteiger partial charge in [0.2, 0.25) is 0 Å². The highest BCUT2D eigenvalue weighted by Crippen LogP contribution is 2.13. The van der Waals surface area contributed by atoms with E-state index < -0.39 is 0 Å². The van der Waals surface area contributed by atoms with Gasteiger partial charge in [-0.15, -0.1) is 0 Å². The molecule has 4 nitrogen and oxygen atoms in total. The van der Waals surface area contributed by atoms with Crippen LogP contribution in [0.25, 0.3) is 16.0 Å². The zero-order valence-corrected chi connectivity index (χ0v) is 6.16. The Morgan fingerprint density at radius 3 is 1.70 bits per heavy atom. The Morgan fingerprint density at radius 1 is 1.10 bits per heavy atom. The summed E-state index contributed by atoms with van der Waals surface area (Å²) in [4.78, 5) is 1.50. The minimum Gasteiger partial charge on any atom is -0.373 e. The van der Waals surface area contributed by atoms with Crippen molar-refractivity contribution < 1.29 is 5.73 Å². The quantitative estimate of drug-likeness (QED) is 0.301.